The summed E-state index contributed by atoms with van der Waals surface area (Å²) in [7, 11) is 0. The Bertz CT molecular complexity index is 696. The minimum absolute atomic E-state index is 0.00754. The number of nitrogens with two attached hydrogens (primary N) is 1. The lowest BCUT2D eigenvalue weighted by molar-refractivity contribution is 0.0968. The number of pyridine rings is 1. The second-order valence-corrected chi connectivity index (χ2v) is 5.82. The number of ketones is 1. The number of hydrogen-bond acceptors (Lipinski definition) is 5. The maximum Gasteiger partial charge on any atom is 0.166 e. The van der Waals surface area contributed by atoms with Crippen molar-refractivity contribution in [2.45, 2.75) is 27.2 Å². The van der Waals surface area contributed by atoms with Crippen LogP contribution < -0.4 is 11.2 Å². The maximum absolute atomic E-state index is 12.3. The number of aryl methyl sites for hydroxylation is 1. The molecule has 0 amide bonds. The van der Waals surface area contributed by atoms with Gasteiger partial charge in [-0.25, -0.2) is 4.98 Å². The van der Waals surface area contributed by atoms with Crippen molar-refractivity contribution in [3.05, 3.63) is 41.6 Å². The molecule has 1 aromatic heterocycles. The molecule has 0 spiro atoms. The van der Waals surface area contributed by atoms with Gasteiger partial charge in [-0.2, -0.15) is 0 Å². The predicted molar refractivity (Wildman–Crippen MR) is 88.0 cm³/mol. The molecule has 22 heavy (non-hydrogen) atoms. The lowest BCUT2D eigenvalue weighted by Crippen LogP contribution is -2.08. The molecule has 0 aliphatic rings. The molecule has 0 bridgehead atoms. The van der Waals surface area contributed by atoms with Gasteiger partial charge in [0.15, 0.2) is 5.78 Å². The van der Waals surface area contributed by atoms with Gasteiger partial charge in [0.1, 0.15) is 5.82 Å². The minimum Gasteiger partial charge on any atom is -0.383 e. The van der Waals surface area contributed by atoms with Crippen LogP contribution in [0, 0.1) is 12.8 Å². The molecule has 0 aliphatic heterocycles. The van der Waals surface area contributed by atoms with E-state index in [9.17, 15) is 4.79 Å². The second-order valence-electron chi connectivity index (χ2n) is 5.82. The standard InChI is InChI=1S/C17H21N3O2/c1-10(2)6-16(21)15-8-12(9-19-17(15)18)14-5-4-13(20-22)7-11(14)3/h4-5,7-10,20,22H,6H2,1-3H3,(H2,18,19). The van der Waals surface area contributed by atoms with Gasteiger partial charge in [-0.15, -0.1) is 0 Å². The molecule has 4 N–H and O–H groups in total. The summed E-state index contributed by atoms with van der Waals surface area (Å²) in [5.41, 5.74) is 11.8. The van der Waals surface area contributed by atoms with Crippen LogP contribution in [0.2, 0.25) is 0 Å². The van der Waals surface area contributed by atoms with E-state index in [1.807, 2.05) is 32.9 Å². The third-order valence-corrected chi connectivity index (χ3v) is 3.48. The van der Waals surface area contributed by atoms with E-state index in [1.54, 1.807) is 18.3 Å². The Balaban J connectivity index is 2.43. The molecule has 0 radical (unpaired) electrons. The number of aromatic nitrogens is 1. The molecule has 2 aromatic rings. The fourth-order valence-electron chi connectivity index (χ4n) is 2.38. The maximum atomic E-state index is 12.3. The number of benzene rings is 1. The van der Waals surface area contributed by atoms with Crippen molar-refractivity contribution in [2.75, 3.05) is 11.2 Å². The monoisotopic (exact) mass is 299 g/mol. The Morgan fingerprint density at radius 2 is 2.09 bits per heavy atom. The van der Waals surface area contributed by atoms with Crippen molar-refractivity contribution < 1.29 is 10.0 Å². The number of carbonyl (C=O) groups excluding carboxylic acids is 1. The molecule has 1 heterocycles. The van der Waals surface area contributed by atoms with Gasteiger partial charge in [-0.3, -0.25) is 15.5 Å². The summed E-state index contributed by atoms with van der Waals surface area (Å²) in [6, 6.07) is 7.24. The molecule has 0 atom stereocenters. The average molecular weight is 299 g/mol. The number of nitrogen functional groups attached to an aromatic ring is 1. The highest BCUT2D eigenvalue weighted by Gasteiger charge is 2.14. The van der Waals surface area contributed by atoms with Crippen LogP contribution >= 0.6 is 0 Å². The Morgan fingerprint density at radius 3 is 2.68 bits per heavy atom. The molecule has 5 heteroatoms. The first kappa shape index (κ1) is 16.0. The van der Waals surface area contributed by atoms with Crippen molar-refractivity contribution in [3.8, 4) is 11.1 Å². The van der Waals surface area contributed by atoms with Crippen LogP contribution in [-0.4, -0.2) is 16.0 Å². The Labute approximate surface area is 130 Å². The van der Waals surface area contributed by atoms with Crippen molar-refractivity contribution in [2.24, 2.45) is 5.92 Å². The third-order valence-electron chi connectivity index (χ3n) is 3.48. The SMILES string of the molecule is Cc1cc(NO)ccc1-c1cnc(N)c(C(=O)CC(C)C)c1. The zero-order valence-corrected chi connectivity index (χ0v) is 13.1. The van der Waals surface area contributed by atoms with Crippen LogP contribution in [0.25, 0.3) is 11.1 Å². The molecule has 5 nitrogen and oxygen atoms in total. The first-order chi connectivity index (χ1) is 10.4. The van der Waals surface area contributed by atoms with E-state index >= 15 is 0 Å². The molecule has 2 rings (SSSR count). The van der Waals surface area contributed by atoms with Crippen LogP contribution in [0.4, 0.5) is 11.5 Å². The highest BCUT2D eigenvalue weighted by Crippen LogP contribution is 2.28. The van der Waals surface area contributed by atoms with E-state index in [4.69, 9.17) is 10.9 Å². The van der Waals surface area contributed by atoms with Gasteiger partial charge in [-0.05, 0) is 42.2 Å². The first-order valence-corrected chi connectivity index (χ1v) is 7.22. The number of hydrogen-bond donors (Lipinski definition) is 3. The molecule has 0 fully saturated rings. The van der Waals surface area contributed by atoms with Gasteiger partial charge in [0.05, 0.1) is 11.3 Å². The van der Waals surface area contributed by atoms with E-state index in [0.29, 0.717) is 17.7 Å². The summed E-state index contributed by atoms with van der Waals surface area (Å²) < 4.78 is 0. The normalized spacial score (nSPS) is 10.8. The minimum atomic E-state index is 0.00754. The summed E-state index contributed by atoms with van der Waals surface area (Å²) in [4.78, 5) is 16.4. The van der Waals surface area contributed by atoms with Crippen LogP contribution in [0.5, 0.6) is 0 Å². The van der Waals surface area contributed by atoms with Crippen molar-refractivity contribution in [1.29, 1.82) is 0 Å². The fraction of sp³-hybridized carbons (Fsp3) is 0.294. The van der Waals surface area contributed by atoms with Crippen LogP contribution in [0.15, 0.2) is 30.5 Å². The average Bonchev–Trinajstić information content (AvgIpc) is 2.47. The van der Waals surface area contributed by atoms with Gasteiger partial charge in [-0.1, -0.05) is 19.9 Å². The van der Waals surface area contributed by atoms with Crippen molar-refractivity contribution in [1.82, 2.24) is 4.98 Å². The summed E-state index contributed by atoms with van der Waals surface area (Å²) in [6.45, 7) is 5.93. The van der Waals surface area contributed by atoms with Gasteiger partial charge in [0.2, 0.25) is 0 Å². The number of carbonyl (C=O) groups is 1. The Morgan fingerprint density at radius 1 is 1.36 bits per heavy atom. The van der Waals surface area contributed by atoms with Gasteiger partial charge < -0.3 is 5.73 Å². The molecule has 1 aromatic carbocycles. The zero-order chi connectivity index (χ0) is 16.3. The lowest BCUT2D eigenvalue weighted by atomic mass is 9.96. The van der Waals surface area contributed by atoms with Gasteiger partial charge >= 0.3 is 0 Å². The molecule has 0 saturated heterocycles. The first-order valence-electron chi connectivity index (χ1n) is 7.22. The quantitative estimate of drug-likeness (QED) is 0.579. The van der Waals surface area contributed by atoms with Crippen LogP contribution in [0.1, 0.15) is 36.2 Å². The fourth-order valence-corrected chi connectivity index (χ4v) is 2.38. The number of nitrogens with zero attached hydrogens (tertiary/aromatic N) is 1. The summed E-state index contributed by atoms with van der Waals surface area (Å²) >= 11 is 0. The van der Waals surface area contributed by atoms with E-state index in [2.05, 4.69) is 10.5 Å². The van der Waals surface area contributed by atoms with E-state index < -0.39 is 0 Å². The van der Waals surface area contributed by atoms with Crippen molar-refractivity contribution in [3.63, 3.8) is 0 Å². The highest BCUT2D eigenvalue weighted by atomic mass is 16.5. The van der Waals surface area contributed by atoms with Crippen molar-refractivity contribution >= 4 is 17.3 Å². The molecular formula is C17H21N3O2. The largest absolute Gasteiger partial charge is 0.383 e. The zero-order valence-electron chi connectivity index (χ0n) is 13.1. The Hall–Kier alpha value is -2.40. The predicted octanol–water partition coefficient (Wildman–Crippen LogP) is 3.67. The smallest absolute Gasteiger partial charge is 0.166 e. The van der Waals surface area contributed by atoms with Crippen LogP contribution in [0.3, 0.4) is 0 Å². The van der Waals surface area contributed by atoms with E-state index in [1.165, 1.54) is 0 Å². The summed E-state index contributed by atoms with van der Waals surface area (Å²) in [6.07, 6.45) is 2.11. The van der Waals surface area contributed by atoms with Crippen LogP contribution in [-0.2, 0) is 0 Å². The molecule has 116 valence electrons. The highest BCUT2D eigenvalue weighted by molar-refractivity contribution is 6.01. The van der Waals surface area contributed by atoms with Gasteiger partial charge in [0.25, 0.3) is 0 Å². The molecule has 0 saturated carbocycles. The topological polar surface area (TPSA) is 88.2 Å². The number of nitrogens with one attached hydrogen (secondary N) is 1. The van der Waals surface area contributed by atoms with E-state index in [0.717, 1.165) is 16.7 Å². The summed E-state index contributed by atoms with van der Waals surface area (Å²) in [5, 5.41) is 8.94. The van der Waals surface area contributed by atoms with Gasteiger partial charge in [0, 0.05) is 18.2 Å². The molecular weight excluding hydrogens is 278 g/mol. The molecule has 0 unspecified atom stereocenters. The number of rotatable bonds is 5. The number of Topliss-reactive ketones (excluding diaryl/α,β-unsaturated/α-hetero) is 1. The molecule has 0 aliphatic carbocycles. The number of anilines is 2. The van der Waals surface area contributed by atoms with E-state index in [-0.39, 0.29) is 17.5 Å². The Kier molecular flexibility index (Phi) is 4.78. The summed E-state index contributed by atoms with van der Waals surface area (Å²) in [5.74, 6) is 0.543. The lowest BCUT2D eigenvalue weighted by Gasteiger charge is -2.11. The third kappa shape index (κ3) is 3.43. The second kappa shape index (κ2) is 6.58.